The molecule has 1 aliphatic rings. The number of nitrogens with zero attached hydrogens (tertiary/aromatic N) is 1. The highest BCUT2D eigenvalue weighted by molar-refractivity contribution is 14.1. The van der Waals surface area contributed by atoms with Gasteiger partial charge in [0.1, 0.15) is 0 Å². The number of fused-ring (bicyclic) bond motifs is 3. The summed E-state index contributed by atoms with van der Waals surface area (Å²) >= 11 is 5.25. The number of hydrogen-bond acceptors (Lipinski definition) is 0. The molecule has 0 spiro atoms. The standard InChI is InChI=1S/C18H13IN.Al/c19-14-5-3-4-12(10-14)13-8-9-16-15-6-1-2-7-17(15)20-18(16)11-13;/h1-7,10-11H,8-9H2;/q-1;+1. The summed E-state index contributed by atoms with van der Waals surface area (Å²) in [6, 6.07) is 17.4. The first-order valence-electron chi connectivity index (χ1n) is 7.08. The van der Waals surface area contributed by atoms with Crippen molar-refractivity contribution in [3.05, 3.63) is 68.9 Å². The second-order valence-electron chi connectivity index (χ2n) is 5.43. The monoisotopic (exact) mass is 397 g/mol. The van der Waals surface area contributed by atoms with Crippen LogP contribution in [0, 0.1) is 3.57 Å². The molecule has 0 atom stereocenters. The van der Waals surface area contributed by atoms with Gasteiger partial charge >= 0.3 is 16.5 Å². The van der Waals surface area contributed by atoms with Crippen LogP contribution < -0.4 is 0 Å². The van der Waals surface area contributed by atoms with Crippen molar-refractivity contribution >= 4 is 61.7 Å². The van der Waals surface area contributed by atoms with E-state index < -0.39 is 0 Å². The predicted octanol–water partition coefficient (Wildman–Crippen LogP) is 4.66. The number of allylic oxidation sites excluding steroid dienone is 1. The van der Waals surface area contributed by atoms with E-state index in [-0.39, 0.29) is 0 Å². The molecule has 3 aromatic rings. The third-order valence-electron chi connectivity index (χ3n) is 4.21. The first-order valence-corrected chi connectivity index (χ1v) is 8.67. The molecule has 1 aliphatic carbocycles. The zero-order valence-corrected chi connectivity index (χ0v) is 14.8. The quantitative estimate of drug-likeness (QED) is 0.416. The number of para-hydroxylation sites is 1. The van der Waals surface area contributed by atoms with E-state index in [9.17, 15) is 0 Å². The maximum Gasteiger partial charge on any atom is 0.318 e. The molecule has 1 heterocycles. The molecule has 3 heteroatoms. The molecule has 0 fully saturated rings. The maximum absolute atomic E-state index is 2.86. The summed E-state index contributed by atoms with van der Waals surface area (Å²) in [6.07, 6.45) is 4.59. The third kappa shape index (κ3) is 2.28. The second-order valence-corrected chi connectivity index (χ2v) is 7.19. The second kappa shape index (κ2) is 5.32. The molecule has 2 radical (unpaired) electrons. The fourth-order valence-corrected chi connectivity index (χ4v) is 4.18. The summed E-state index contributed by atoms with van der Waals surface area (Å²) < 4.78 is 3.54. The Kier molecular flexibility index (Phi) is 3.45. The van der Waals surface area contributed by atoms with Gasteiger partial charge in [-0.2, -0.15) is 0 Å². The molecule has 0 N–H and O–H groups in total. The van der Waals surface area contributed by atoms with Crippen LogP contribution in [0.2, 0.25) is 0 Å². The summed E-state index contributed by atoms with van der Waals surface area (Å²) in [4.78, 5) is 0. The van der Waals surface area contributed by atoms with Crippen LogP contribution in [0.1, 0.15) is 23.2 Å². The summed E-state index contributed by atoms with van der Waals surface area (Å²) in [5.74, 6) is 0. The molecule has 0 saturated heterocycles. The van der Waals surface area contributed by atoms with Crippen LogP contribution in [0.25, 0.3) is 22.6 Å². The van der Waals surface area contributed by atoms with Crippen molar-refractivity contribution < 1.29 is 0 Å². The highest BCUT2D eigenvalue weighted by atomic mass is 127. The Morgan fingerprint density at radius 2 is 1.86 bits per heavy atom. The van der Waals surface area contributed by atoms with E-state index in [1.54, 1.807) is 0 Å². The maximum atomic E-state index is 2.86. The highest BCUT2D eigenvalue weighted by Gasteiger charge is 2.18. The molecule has 21 heavy (non-hydrogen) atoms. The van der Waals surface area contributed by atoms with E-state index in [1.807, 2.05) is 0 Å². The van der Waals surface area contributed by atoms with Gasteiger partial charge in [-0.25, -0.2) is 0 Å². The molecule has 0 unspecified atom stereocenters. The minimum Gasteiger partial charge on any atom is -0.452 e. The van der Waals surface area contributed by atoms with Crippen molar-refractivity contribution in [2.45, 2.75) is 12.8 Å². The minimum atomic E-state index is 1.12. The van der Waals surface area contributed by atoms with Gasteiger partial charge < -0.3 is 3.55 Å². The molecular formula is C18H13AlIN. The zero-order valence-electron chi connectivity index (χ0n) is 11.5. The van der Waals surface area contributed by atoms with Crippen molar-refractivity contribution in [3.8, 4) is 0 Å². The van der Waals surface area contributed by atoms with Gasteiger partial charge in [0.05, 0.1) is 0 Å². The Balaban J connectivity index is 1.91. The van der Waals surface area contributed by atoms with E-state index in [0.29, 0.717) is 0 Å². The van der Waals surface area contributed by atoms with E-state index in [4.69, 9.17) is 0 Å². The molecule has 100 valence electrons. The van der Waals surface area contributed by atoms with Crippen LogP contribution in [0.3, 0.4) is 0 Å². The van der Waals surface area contributed by atoms with Crippen LogP contribution in [0.4, 0.5) is 0 Å². The normalized spacial score (nSPS) is 14.0. The summed E-state index contributed by atoms with van der Waals surface area (Å²) in [5, 5.41) is 1.39. The number of halogens is 1. The summed E-state index contributed by atoms with van der Waals surface area (Å²) in [7, 11) is 0. The Hall–Kier alpha value is -1.02. The van der Waals surface area contributed by atoms with E-state index in [2.05, 4.69) is 97.3 Å². The Morgan fingerprint density at radius 3 is 2.71 bits per heavy atom. The predicted molar refractivity (Wildman–Crippen MR) is 98.4 cm³/mol. The van der Waals surface area contributed by atoms with Crippen LogP contribution in [0.5, 0.6) is 0 Å². The molecule has 0 aliphatic heterocycles. The molecule has 0 bridgehead atoms. The van der Waals surface area contributed by atoms with Gasteiger partial charge in [-0.15, -0.1) is 0 Å². The van der Waals surface area contributed by atoms with E-state index >= 15 is 0 Å². The number of aryl methyl sites for hydroxylation is 1. The van der Waals surface area contributed by atoms with Crippen LogP contribution in [0.15, 0.2) is 48.5 Å². The average molecular weight is 397 g/mol. The van der Waals surface area contributed by atoms with Crippen molar-refractivity contribution in [2.75, 3.05) is 0 Å². The molecule has 1 aromatic heterocycles. The van der Waals surface area contributed by atoms with Gasteiger partial charge in [0.2, 0.25) is 0 Å². The number of rotatable bonds is 1. The van der Waals surface area contributed by atoms with Crippen molar-refractivity contribution in [1.82, 2.24) is 3.55 Å². The molecular weight excluding hydrogens is 384 g/mol. The van der Waals surface area contributed by atoms with Crippen molar-refractivity contribution in [2.24, 2.45) is 0 Å². The average Bonchev–Trinajstić information content (AvgIpc) is 2.81. The SMILES string of the molecule is [Al][n]1c2c(c3ccccc31)CCC(c1cccc(I)c1)=C2. The largest absolute Gasteiger partial charge is 0.452 e. The lowest BCUT2D eigenvalue weighted by atomic mass is 9.91. The molecule has 1 nitrogen and oxygen atoms in total. The van der Waals surface area contributed by atoms with E-state index in [0.717, 1.165) is 12.8 Å². The Morgan fingerprint density at radius 1 is 1.00 bits per heavy atom. The summed E-state index contributed by atoms with van der Waals surface area (Å²) in [6.45, 7) is 0. The van der Waals surface area contributed by atoms with Gasteiger partial charge in [0.25, 0.3) is 0 Å². The van der Waals surface area contributed by atoms with Gasteiger partial charge in [-0.1, -0.05) is 30.3 Å². The minimum absolute atomic E-state index is 1.12. The lowest BCUT2D eigenvalue weighted by molar-refractivity contribution is 1.00. The fourth-order valence-electron chi connectivity index (χ4n) is 3.18. The third-order valence-corrected chi connectivity index (χ3v) is 5.44. The van der Waals surface area contributed by atoms with Crippen LogP contribution in [-0.4, -0.2) is 20.1 Å². The lowest BCUT2D eigenvalue weighted by Crippen LogP contribution is -2.02. The molecule has 0 saturated carbocycles. The van der Waals surface area contributed by atoms with Gasteiger partial charge in [0.15, 0.2) is 0 Å². The Labute approximate surface area is 146 Å². The Bertz CT molecular complexity index is 876. The molecule has 2 aromatic carbocycles. The van der Waals surface area contributed by atoms with E-state index in [1.165, 1.54) is 36.9 Å². The topological polar surface area (TPSA) is 4.93 Å². The lowest BCUT2D eigenvalue weighted by Gasteiger charge is -2.16. The number of aromatic nitrogens is 1. The number of benzene rings is 2. The first kappa shape index (κ1) is 13.6. The van der Waals surface area contributed by atoms with Crippen LogP contribution >= 0.6 is 22.6 Å². The number of hydrogen-bond donors (Lipinski definition) is 0. The van der Waals surface area contributed by atoms with Crippen LogP contribution in [-0.2, 0) is 6.42 Å². The van der Waals surface area contributed by atoms with Gasteiger partial charge in [0, 0.05) is 20.2 Å². The molecule has 0 amide bonds. The molecule has 4 rings (SSSR count). The van der Waals surface area contributed by atoms with Gasteiger partial charge in [-0.05, 0) is 76.4 Å². The smallest absolute Gasteiger partial charge is 0.318 e. The van der Waals surface area contributed by atoms with Gasteiger partial charge in [-0.3, -0.25) is 0 Å². The highest BCUT2D eigenvalue weighted by Crippen LogP contribution is 2.35. The van der Waals surface area contributed by atoms with Crippen molar-refractivity contribution in [1.29, 1.82) is 0 Å². The summed E-state index contributed by atoms with van der Waals surface area (Å²) in [5.41, 5.74) is 6.90. The zero-order chi connectivity index (χ0) is 14.4. The fraction of sp³-hybridized carbons (Fsp3) is 0.111. The van der Waals surface area contributed by atoms with Crippen molar-refractivity contribution in [3.63, 3.8) is 0 Å². The first-order chi connectivity index (χ1) is 10.2.